The molecule has 5 atom stereocenters. The first-order valence-corrected chi connectivity index (χ1v) is 9.53. The predicted molar refractivity (Wildman–Crippen MR) is 107 cm³/mol. The zero-order valence-electron chi connectivity index (χ0n) is 16.7. The van der Waals surface area contributed by atoms with Gasteiger partial charge in [-0.25, -0.2) is 0 Å². The summed E-state index contributed by atoms with van der Waals surface area (Å²) in [6, 6.07) is 14.5. The second kappa shape index (κ2) is 8.92. The van der Waals surface area contributed by atoms with Crippen LogP contribution in [-0.2, 0) is 4.74 Å². The Bertz CT molecular complexity index is 835. The van der Waals surface area contributed by atoms with Crippen LogP contribution in [0.3, 0.4) is 0 Å². The standard InChI is InChI=1S/C22H27NO6/c1-13-18(12-24)29-22(20(26)19(13)25)28-17-9-7-14(8-10-17)15-5-4-6-16(11-15)21(27)23(2)3/h4-11,13,18-20,22,24-26H,12H2,1-3H3. The summed E-state index contributed by atoms with van der Waals surface area (Å²) in [5.74, 6) is -0.0207. The van der Waals surface area contributed by atoms with Gasteiger partial charge in [-0.1, -0.05) is 31.2 Å². The van der Waals surface area contributed by atoms with E-state index in [1.54, 1.807) is 39.2 Å². The van der Waals surface area contributed by atoms with E-state index >= 15 is 0 Å². The Balaban J connectivity index is 1.74. The van der Waals surface area contributed by atoms with Crippen LogP contribution in [0.25, 0.3) is 11.1 Å². The molecule has 2 aromatic carbocycles. The van der Waals surface area contributed by atoms with E-state index in [2.05, 4.69) is 0 Å². The largest absolute Gasteiger partial charge is 0.462 e. The maximum absolute atomic E-state index is 12.2. The van der Waals surface area contributed by atoms with Crippen molar-refractivity contribution in [3.63, 3.8) is 0 Å². The summed E-state index contributed by atoms with van der Waals surface area (Å²) in [5.41, 5.74) is 2.39. The van der Waals surface area contributed by atoms with Crippen molar-refractivity contribution in [2.45, 2.75) is 31.5 Å². The molecular weight excluding hydrogens is 374 g/mol. The summed E-state index contributed by atoms with van der Waals surface area (Å²) in [7, 11) is 3.42. The number of amides is 1. The molecule has 1 heterocycles. The Morgan fingerprint density at radius 1 is 1.07 bits per heavy atom. The van der Waals surface area contributed by atoms with Gasteiger partial charge in [-0.3, -0.25) is 4.79 Å². The molecular formula is C22H27NO6. The number of ether oxygens (including phenoxy) is 2. The zero-order valence-corrected chi connectivity index (χ0v) is 16.7. The van der Waals surface area contributed by atoms with Crippen LogP contribution in [0.1, 0.15) is 17.3 Å². The number of rotatable bonds is 5. The van der Waals surface area contributed by atoms with Crippen molar-refractivity contribution < 1.29 is 29.6 Å². The van der Waals surface area contributed by atoms with Gasteiger partial charge in [-0.05, 0) is 35.4 Å². The van der Waals surface area contributed by atoms with Crippen LogP contribution in [0.4, 0.5) is 0 Å². The van der Waals surface area contributed by atoms with Gasteiger partial charge >= 0.3 is 0 Å². The lowest BCUT2D eigenvalue weighted by Crippen LogP contribution is -2.56. The summed E-state index contributed by atoms with van der Waals surface area (Å²) < 4.78 is 11.3. The molecule has 1 aliphatic heterocycles. The first kappa shape index (κ1) is 21.3. The highest BCUT2D eigenvalue weighted by Crippen LogP contribution is 2.29. The number of hydrogen-bond donors (Lipinski definition) is 3. The van der Waals surface area contributed by atoms with Gasteiger partial charge in [0.2, 0.25) is 6.29 Å². The number of carbonyl (C=O) groups excluding carboxylic acids is 1. The Labute approximate surface area is 170 Å². The normalized spacial score (nSPS) is 26.8. The molecule has 7 nitrogen and oxygen atoms in total. The molecule has 29 heavy (non-hydrogen) atoms. The van der Waals surface area contributed by atoms with Crippen LogP contribution in [0.15, 0.2) is 48.5 Å². The molecule has 0 saturated carbocycles. The highest BCUT2D eigenvalue weighted by Gasteiger charge is 2.43. The Hall–Kier alpha value is -2.45. The molecule has 2 aromatic rings. The third kappa shape index (κ3) is 4.59. The van der Waals surface area contributed by atoms with Crippen LogP contribution in [0.5, 0.6) is 5.75 Å². The fourth-order valence-electron chi connectivity index (χ4n) is 3.33. The molecule has 156 valence electrons. The van der Waals surface area contributed by atoms with Gasteiger partial charge in [0.25, 0.3) is 5.91 Å². The topological polar surface area (TPSA) is 99.5 Å². The molecule has 1 amide bonds. The van der Waals surface area contributed by atoms with E-state index in [0.29, 0.717) is 11.3 Å². The maximum atomic E-state index is 12.2. The molecule has 3 rings (SSSR count). The Morgan fingerprint density at radius 3 is 2.38 bits per heavy atom. The number of benzene rings is 2. The molecule has 3 N–H and O–H groups in total. The molecule has 0 aliphatic carbocycles. The van der Waals surface area contributed by atoms with Gasteiger partial charge in [-0.15, -0.1) is 0 Å². The van der Waals surface area contributed by atoms with E-state index in [0.717, 1.165) is 11.1 Å². The highest BCUT2D eigenvalue weighted by atomic mass is 16.7. The first-order valence-electron chi connectivity index (χ1n) is 9.53. The number of carbonyl (C=O) groups is 1. The van der Waals surface area contributed by atoms with E-state index in [1.165, 1.54) is 4.90 Å². The first-order chi connectivity index (χ1) is 13.8. The molecule has 5 unspecified atom stereocenters. The third-order valence-electron chi connectivity index (χ3n) is 5.20. The Morgan fingerprint density at radius 2 is 1.76 bits per heavy atom. The van der Waals surface area contributed by atoms with Gasteiger partial charge in [0.1, 0.15) is 11.9 Å². The van der Waals surface area contributed by atoms with Crippen LogP contribution in [0.2, 0.25) is 0 Å². The van der Waals surface area contributed by atoms with Gasteiger partial charge in [-0.2, -0.15) is 0 Å². The second-order valence-corrected chi connectivity index (χ2v) is 7.49. The molecule has 0 aromatic heterocycles. The quantitative estimate of drug-likeness (QED) is 0.702. The van der Waals surface area contributed by atoms with E-state index in [-0.39, 0.29) is 12.5 Å². The predicted octanol–water partition coefficient (Wildman–Crippen LogP) is 1.51. The molecule has 7 heteroatoms. The van der Waals surface area contributed by atoms with Crippen molar-refractivity contribution in [3.05, 3.63) is 54.1 Å². The minimum absolute atomic E-state index is 0.0681. The second-order valence-electron chi connectivity index (χ2n) is 7.49. The fraction of sp³-hybridized carbons (Fsp3) is 0.409. The zero-order chi connectivity index (χ0) is 21.1. The van der Waals surface area contributed by atoms with E-state index in [9.17, 15) is 20.1 Å². The van der Waals surface area contributed by atoms with E-state index in [1.807, 2.05) is 30.3 Å². The number of nitrogens with zero attached hydrogens (tertiary/aromatic N) is 1. The molecule has 0 radical (unpaired) electrons. The lowest BCUT2D eigenvalue weighted by atomic mass is 9.91. The SMILES string of the molecule is CC1C(CO)OC(Oc2ccc(-c3cccc(C(=O)N(C)C)c3)cc2)C(O)C1O. The van der Waals surface area contributed by atoms with Crippen molar-refractivity contribution in [2.24, 2.45) is 5.92 Å². The number of hydrogen-bond acceptors (Lipinski definition) is 6. The van der Waals surface area contributed by atoms with Crippen molar-refractivity contribution in [2.75, 3.05) is 20.7 Å². The summed E-state index contributed by atoms with van der Waals surface area (Å²) in [5, 5.41) is 29.8. The van der Waals surface area contributed by atoms with Crippen molar-refractivity contribution >= 4 is 5.91 Å². The smallest absolute Gasteiger partial charge is 0.253 e. The van der Waals surface area contributed by atoms with Crippen LogP contribution in [0, 0.1) is 5.92 Å². The van der Waals surface area contributed by atoms with E-state index < -0.39 is 30.5 Å². The highest BCUT2D eigenvalue weighted by molar-refractivity contribution is 5.95. The van der Waals surface area contributed by atoms with Crippen LogP contribution >= 0.6 is 0 Å². The van der Waals surface area contributed by atoms with Gasteiger partial charge < -0.3 is 29.7 Å². The minimum Gasteiger partial charge on any atom is -0.462 e. The average molecular weight is 401 g/mol. The van der Waals surface area contributed by atoms with Crippen molar-refractivity contribution in [1.82, 2.24) is 4.90 Å². The average Bonchev–Trinajstić information content (AvgIpc) is 2.74. The maximum Gasteiger partial charge on any atom is 0.253 e. The lowest BCUT2D eigenvalue weighted by Gasteiger charge is -2.40. The van der Waals surface area contributed by atoms with Crippen molar-refractivity contribution in [3.8, 4) is 16.9 Å². The third-order valence-corrected chi connectivity index (χ3v) is 5.20. The molecule has 1 aliphatic rings. The summed E-state index contributed by atoms with van der Waals surface area (Å²) in [6.45, 7) is 1.43. The summed E-state index contributed by atoms with van der Waals surface area (Å²) in [4.78, 5) is 13.7. The van der Waals surface area contributed by atoms with Gasteiger partial charge in [0.05, 0.1) is 18.8 Å². The molecule has 0 spiro atoms. The van der Waals surface area contributed by atoms with Crippen LogP contribution < -0.4 is 4.74 Å². The monoisotopic (exact) mass is 401 g/mol. The fourth-order valence-corrected chi connectivity index (χ4v) is 3.33. The minimum atomic E-state index is -1.22. The molecule has 0 bridgehead atoms. The number of aliphatic hydroxyl groups is 3. The summed E-state index contributed by atoms with van der Waals surface area (Å²) in [6.07, 6.45) is -3.97. The van der Waals surface area contributed by atoms with Crippen molar-refractivity contribution in [1.29, 1.82) is 0 Å². The van der Waals surface area contributed by atoms with E-state index in [4.69, 9.17) is 9.47 Å². The van der Waals surface area contributed by atoms with Gasteiger partial charge in [0.15, 0.2) is 0 Å². The summed E-state index contributed by atoms with van der Waals surface area (Å²) >= 11 is 0. The van der Waals surface area contributed by atoms with Gasteiger partial charge in [0, 0.05) is 25.6 Å². The molecule has 1 saturated heterocycles. The Kier molecular flexibility index (Phi) is 6.54. The molecule has 1 fully saturated rings. The lowest BCUT2D eigenvalue weighted by molar-refractivity contribution is -0.261. The van der Waals surface area contributed by atoms with Crippen LogP contribution in [-0.4, -0.2) is 71.4 Å². The number of aliphatic hydroxyl groups excluding tert-OH is 3.